The molecule has 4 nitrogen and oxygen atoms in total. The molecule has 0 fully saturated rings. The van der Waals surface area contributed by atoms with Gasteiger partial charge in [0.15, 0.2) is 0 Å². The second-order valence-corrected chi connectivity index (χ2v) is 3.10. The van der Waals surface area contributed by atoms with E-state index in [1.54, 1.807) is 0 Å². The summed E-state index contributed by atoms with van der Waals surface area (Å²) in [5.41, 5.74) is 0. The van der Waals surface area contributed by atoms with Crippen molar-refractivity contribution in [3.63, 3.8) is 0 Å². The fourth-order valence-electron chi connectivity index (χ4n) is 1.01. The zero-order chi connectivity index (χ0) is 10.3. The van der Waals surface area contributed by atoms with Crippen LogP contribution in [0.1, 0.15) is 32.6 Å². The lowest BCUT2D eigenvalue weighted by Crippen LogP contribution is -2.31. The van der Waals surface area contributed by atoms with Gasteiger partial charge in [-0.25, -0.2) is 0 Å². The number of carbonyl (C=O) groups excluding carboxylic acids is 1. The number of unbranched alkanes of at least 4 members (excludes halogenated alkanes) is 2. The van der Waals surface area contributed by atoms with E-state index in [1.165, 1.54) is 11.9 Å². The van der Waals surface area contributed by atoms with Gasteiger partial charge in [-0.2, -0.15) is 0 Å². The quantitative estimate of drug-likeness (QED) is 0.634. The molecule has 0 aromatic heterocycles. The molecule has 0 heterocycles. The van der Waals surface area contributed by atoms with Gasteiger partial charge in [-0.3, -0.25) is 9.59 Å². The Morgan fingerprint density at radius 3 is 2.38 bits per heavy atom. The lowest BCUT2D eigenvalue weighted by atomic mass is 10.2. The summed E-state index contributed by atoms with van der Waals surface area (Å²) < 4.78 is 0. The first kappa shape index (κ1) is 11.9. The van der Waals surface area contributed by atoms with Gasteiger partial charge in [-0.15, -0.1) is 0 Å². The molecule has 0 aliphatic heterocycles. The normalized spacial score (nSPS) is 9.69. The Balaban J connectivity index is 3.63. The number of aliphatic carboxylic acids is 1. The van der Waals surface area contributed by atoms with Gasteiger partial charge in [0.2, 0.25) is 5.91 Å². The molecule has 13 heavy (non-hydrogen) atoms. The number of hydrogen-bond donors (Lipinski definition) is 1. The van der Waals surface area contributed by atoms with E-state index >= 15 is 0 Å². The van der Waals surface area contributed by atoms with Crippen molar-refractivity contribution in [2.24, 2.45) is 0 Å². The molecule has 4 heteroatoms. The van der Waals surface area contributed by atoms with Crippen LogP contribution in [-0.4, -0.2) is 35.5 Å². The number of hydrogen-bond acceptors (Lipinski definition) is 2. The Morgan fingerprint density at radius 1 is 1.31 bits per heavy atom. The maximum absolute atomic E-state index is 11.2. The minimum Gasteiger partial charge on any atom is -0.480 e. The molecule has 0 saturated heterocycles. The van der Waals surface area contributed by atoms with Crippen LogP contribution in [0.5, 0.6) is 0 Å². The van der Waals surface area contributed by atoms with Gasteiger partial charge < -0.3 is 10.0 Å². The van der Waals surface area contributed by atoms with E-state index < -0.39 is 5.97 Å². The molecule has 0 aromatic rings. The minimum atomic E-state index is -0.966. The van der Waals surface area contributed by atoms with Gasteiger partial charge in [0.25, 0.3) is 0 Å². The number of amides is 1. The Kier molecular flexibility index (Phi) is 5.93. The molecule has 0 spiro atoms. The van der Waals surface area contributed by atoms with Gasteiger partial charge >= 0.3 is 5.97 Å². The minimum absolute atomic E-state index is 0.0872. The van der Waals surface area contributed by atoms with E-state index in [0.717, 1.165) is 19.3 Å². The molecule has 0 unspecified atom stereocenters. The average Bonchev–Trinajstić information content (AvgIpc) is 2.03. The van der Waals surface area contributed by atoms with Gasteiger partial charge in [-0.1, -0.05) is 19.8 Å². The van der Waals surface area contributed by atoms with Crippen LogP contribution >= 0.6 is 0 Å². The Labute approximate surface area is 78.5 Å². The van der Waals surface area contributed by atoms with E-state index in [-0.39, 0.29) is 12.5 Å². The van der Waals surface area contributed by atoms with Crippen molar-refractivity contribution in [2.45, 2.75) is 32.6 Å². The molecular formula is C9H17NO3. The van der Waals surface area contributed by atoms with Crippen molar-refractivity contribution in [1.29, 1.82) is 0 Å². The fraction of sp³-hybridized carbons (Fsp3) is 0.778. The highest BCUT2D eigenvalue weighted by atomic mass is 16.4. The van der Waals surface area contributed by atoms with Crippen LogP contribution in [0.15, 0.2) is 0 Å². The van der Waals surface area contributed by atoms with Crippen LogP contribution in [0.4, 0.5) is 0 Å². The number of likely N-dealkylation sites (N-methyl/N-ethyl adjacent to an activating group) is 1. The van der Waals surface area contributed by atoms with Crippen LogP contribution < -0.4 is 0 Å². The molecule has 0 bridgehead atoms. The summed E-state index contributed by atoms with van der Waals surface area (Å²) in [6, 6.07) is 0. The summed E-state index contributed by atoms with van der Waals surface area (Å²) in [4.78, 5) is 22.7. The molecule has 0 rings (SSSR count). The van der Waals surface area contributed by atoms with Crippen LogP contribution in [0.25, 0.3) is 0 Å². The highest BCUT2D eigenvalue weighted by Crippen LogP contribution is 2.01. The maximum Gasteiger partial charge on any atom is 0.323 e. The Hall–Kier alpha value is -1.06. The van der Waals surface area contributed by atoms with Crippen LogP contribution in [0, 0.1) is 0 Å². The van der Waals surface area contributed by atoms with E-state index in [2.05, 4.69) is 6.92 Å². The maximum atomic E-state index is 11.2. The molecule has 1 amide bonds. The van der Waals surface area contributed by atoms with E-state index in [1.807, 2.05) is 0 Å². The third-order valence-corrected chi connectivity index (χ3v) is 1.79. The highest BCUT2D eigenvalue weighted by Gasteiger charge is 2.10. The second-order valence-electron chi connectivity index (χ2n) is 3.10. The Bertz CT molecular complexity index is 180. The van der Waals surface area contributed by atoms with Crippen molar-refractivity contribution in [2.75, 3.05) is 13.6 Å². The largest absolute Gasteiger partial charge is 0.480 e. The smallest absolute Gasteiger partial charge is 0.323 e. The van der Waals surface area contributed by atoms with Crippen molar-refractivity contribution < 1.29 is 14.7 Å². The fourth-order valence-corrected chi connectivity index (χ4v) is 1.01. The second kappa shape index (κ2) is 6.46. The third-order valence-electron chi connectivity index (χ3n) is 1.79. The number of carboxylic acids is 1. The SMILES string of the molecule is CCCCCC(=O)N(C)CC(=O)O. The number of carboxylic acid groups (broad SMARTS) is 1. The van der Waals surface area contributed by atoms with Crippen molar-refractivity contribution in [1.82, 2.24) is 4.90 Å². The van der Waals surface area contributed by atoms with Crippen molar-refractivity contribution >= 4 is 11.9 Å². The monoisotopic (exact) mass is 187 g/mol. The van der Waals surface area contributed by atoms with Crippen molar-refractivity contribution in [3.05, 3.63) is 0 Å². The van der Waals surface area contributed by atoms with E-state index in [0.29, 0.717) is 6.42 Å². The summed E-state index contributed by atoms with van der Waals surface area (Å²) in [6.45, 7) is 1.86. The summed E-state index contributed by atoms with van der Waals surface area (Å²) in [5.74, 6) is -1.05. The first-order chi connectivity index (χ1) is 6.07. The highest BCUT2D eigenvalue weighted by molar-refractivity contribution is 5.80. The first-order valence-electron chi connectivity index (χ1n) is 4.53. The van der Waals surface area contributed by atoms with Gasteiger partial charge in [0.1, 0.15) is 6.54 Å². The zero-order valence-electron chi connectivity index (χ0n) is 8.25. The van der Waals surface area contributed by atoms with Gasteiger partial charge in [0, 0.05) is 13.5 Å². The van der Waals surface area contributed by atoms with Crippen LogP contribution in [0.3, 0.4) is 0 Å². The number of nitrogens with zero attached hydrogens (tertiary/aromatic N) is 1. The lowest BCUT2D eigenvalue weighted by molar-refractivity contribution is -0.143. The summed E-state index contributed by atoms with van der Waals surface area (Å²) in [5, 5.41) is 8.41. The third kappa shape index (κ3) is 6.13. The lowest BCUT2D eigenvalue weighted by Gasteiger charge is -2.13. The average molecular weight is 187 g/mol. The summed E-state index contributed by atoms with van der Waals surface area (Å²) in [7, 11) is 1.52. The molecule has 0 aliphatic rings. The standard InChI is InChI=1S/C9H17NO3/c1-3-4-5-6-8(11)10(2)7-9(12)13/h3-7H2,1-2H3,(H,12,13). The Morgan fingerprint density at radius 2 is 1.92 bits per heavy atom. The molecule has 0 aromatic carbocycles. The predicted molar refractivity (Wildman–Crippen MR) is 49.4 cm³/mol. The molecule has 0 aliphatic carbocycles. The van der Waals surface area contributed by atoms with Gasteiger partial charge in [0.05, 0.1) is 0 Å². The van der Waals surface area contributed by atoms with Crippen molar-refractivity contribution in [3.8, 4) is 0 Å². The first-order valence-corrected chi connectivity index (χ1v) is 4.53. The van der Waals surface area contributed by atoms with Gasteiger partial charge in [-0.05, 0) is 6.42 Å². The molecule has 0 radical (unpaired) electrons. The topological polar surface area (TPSA) is 57.6 Å². The number of rotatable bonds is 6. The zero-order valence-corrected chi connectivity index (χ0v) is 8.25. The van der Waals surface area contributed by atoms with Crippen LogP contribution in [0.2, 0.25) is 0 Å². The van der Waals surface area contributed by atoms with Crippen LogP contribution in [-0.2, 0) is 9.59 Å². The molecular weight excluding hydrogens is 170 g/mol. The summed E-state index contributed by atoms with van der Waals surface area (Å²) in [6.07, 6.45) is 3.39. The van der Waals surface area contributed by atoms with E-state index in [9.17, 15) is 9.59 Å². The molecule has 76 valence electrons. The summed E-state index contributed by atoms with van der Waals surface area (Å²) >= 11 is 0. The predicted octanol–water partition coefficient (Wildman–Crippen LogP) is 1.11. The number of carbonyl (C=O) groups is 2. The molecule has 1 N–H and O–H groups in total. The van der Waals surface area contributed by atoms with E-state index in [4.69, 9.17) is 5.11 Å². The molecule has 0 saturated carbocycles. The molecule has 0 atom stereocenters.